The number of carbonyl (C=O) groups is 3. The Balaban J connectivity index is 2.64. The lowest BCUT2D eigenvalue weighted by Crippen LogP contribution is -2.55. The summed E-state index contributed by atoms with van der Waals surface area (Å²) >= 11 is 0. The molecule has 0 aliphatic rings. The molecule has 0 aliphatic carbocycles. The van der Waals surface area contributed by atoms with Gasteiger partial charge in [0.15, 0.2) is 0 Å². The molecule has 0 bridgehead atoms. The van der Waals surface area contributed by atoms with E-state index < -0.39 is 35.0 Å². The van der Waals surface area contributed by atoms with Crippen LogP contribution in [0, 0.1) is 0 Å². The standard InChI is InChI=1S/C63H111N3O9/c1-4-7-10-13-16-19-22-25-28-31-34-37-40-43-46-49-58(67)73-55-52-64-61(70)65(53-56-74-59(68)50-47-44-41-38-35-32-29-26-23-20-17-14-11-8-5-2)63(72)66(62(64)71)54-57-75-60(69)51-48-45-42-39-36-33-30-27-24-21-18-15-12-9-6-3/h43-48H,4-42,49-57H2,1-3H3/b46-43+,47-44+,48-45+. The van der Waals surface area contributed by atoms with Crippen LogP contribution >= 0.6 is 0 Å². The first-order chi connectivity index (χ1) is 36.8. The van der Waals surface area contributed by atoms with Gasteiger partial charge in [-0.25, -0.2) is 28.1 Å². The number of ether oxygens (including phenoxy) is 3. The van der Waals surface area contributed by atoms with Crippen LogP contribution in [-0.2, 0) is 48.2 Å². The fourth-order valence-corrected chi connectivity index (χ4v) is 9.39. The zero-order chi connectivity index (χ0) is 54.5. The van der Waals surface area contributed by atoms with E-state index in [1.807, 2.05) is 18.2 Å². The van der Waals surface area contributed by atoms with Crippen molar-refractivity contribution >= 4 is 17.9 Å². The van der Waals surface area contributed by atoms with Gasteiger partial charge >= 0.3 is 35.0 Å². The first-order valence-corrected chi connectivity index (χ1v) is 31.1. The topological polar surface area (TPSA) is 145 Å². The Hall–Kier alpha value is -3.96. The van der Waals surface area contributed by atoms with Gasteiger partial charge in [-0.1, -0.05) is 269 Å². The van der Waals surface area contributed by atoms with E-state index in [-0.39, 0.29) is 58.7 Å². The van der Waals surface area contributed by atoms with Gasteiger partial charge in [0.25, 0.3) is 0 Å². The molecule has 1 aromatic rings. The van der Waals surface area contributed by atoms with Gasteiger partial charge in [0.05, 0.1) is 38.9 Å². The van der Waals surface area contributed by atoms with E-state index in [2.05, 4.69) is 20.8 Å². The Morgan fingerprint density at radius 1 is 0.293 bits per heavy atom. The lowest BCUT2D eigenvalue weighted by molar-refractivity contribution is -0.143. The second kappa shape index (κ2) is 52.1. The summed E-state index contributed by atoms with van der Waals surface area (Å²) in [6.07, 6.45) is 60.5. The van der Waals surface area contributed by atoms with Crippen molar-refractivity contribution in [2.75, 3.05) is 19.8 Å². The minimum Gasteiger partial charge on any atom is -0.464 e. The third kappa shape index (κ3) is 40.9. The first-order valence-electron chi connectivity index (χ1n) is 31.1. The Morgan fingerprint density at radius 3 is 0.680 bits per heavy atom. The second-order valence-electron chi connectivity index (χ2n) is 21.0. The Labute approximate surface area is 456 Å². The molecule has 0 amide bonds. The highest BCUT2D eigenvalue weighted by atomic mass is 16.5. The van der Waals surface area contributed by atoms with E-state index in [0.717, 1.165) is 52.2 Å². The maximum absolute atomic E-state index is 13.6. The molecule has 0 N–H and O–H groups in total. The van der Waals surface area contributed by atoms with Crippen LogP contribution in [0.1, 0.15) is 290 Å². The SMILES string of the molecule is CCCCCCCCCCCCCC/C=C/CC(=O)OCCn1c(=O)n(CCOC(=O)C/C=C/CCCCCCCCCCCCCC)c(=O)n(CCOC(=O)C/C=C/CCCCCCCCCCCCCC)c1=O. The zero-order valence-electron chi connectivity index (χ0n) is 48.4. The van der Waals surface area contributed by atoms with Crippen molar-refractivity contribution in [3.05, 3.63) is 67.9 Å². The van der Waals surface area contributed by atoms with Crippen LogP contribution in [0.15, 0.2) is 50.8 Å². The molecule has 0 aliphatic heterocycles. The molecule has 0 spiro atoms. The fraction of sp³-hybridized carbons (Fsp3) is 0.810. The Morgan fingerprint density at radius 2 is 0.480 bits per heavy atom. The average Bonchev–Trinajstić information content (AvgIpc) is 3.40. The van der Waals surface area contributed by atoms with E-state index in [9.17, 15) is 28.8 Å². The van der Waals surface area contributed by atoms with Gasteiger partial charge in [-0.2, -0.15) is 0 Å². The summed E-state index contributed by atoms with van der Waals surface area (Å²) in [4.78, 5) is 78.5. The molecule has 0 saturated heterocycles. The van der Waals surface area contributed by atoms with Crippen LogP contribution in [0.2, 0.25) is 0 Å². The predicted molar refractivity (Wildman–Crippen MR) is 310 cm³/mol. The summed E-state index contributed by atoms with van der Waals surface area (Å²) in [5, 5.41) is 0. The number of allylic oxidation sites excluding steroid dienone is 3. The number of hydrogen-bond acceptors (Lipinski definition) is 9. The lowest BCUT2D eigenvalue weighted by Gasteiger charge is -2.14. The number of unbranched alkanes of at least 4 members (excludes halogenated alkanes) is 36. The molecule has 0 fully saturated rings. The summed E-state index contributed by atoms with van der Waals surface area (Å²) < 4.78 is 18.6. The van der Waals surface area contributed by atoms with E-state index in [1.165, 1.54) is 212 Å². The van der Waals surface area contributed by atoms with Gasteiger partial charge in [0.2, 0.25) is 0 Å². The average molecular weight is 1050 g/mol. The molecule has 0 saturated carbocycles. The summed E-state index contributed by atoms with van der Waals surface area (Å²) in [5.41, 5.74) is -2.73. The number of nitrogens with zero attached hydrogens (tertiary/aromatic N) is 3. The minimum atomic E-state index is -0.909. The van der Waals surface area contributed by atoms with Crippen molar-refractivity contribution in [1.82, 2.24) is 13.7 Å². The highest BCUT2D eigenvalue weighted by Gasteiger charge is 2.17. The van der Waals surface area contributed by atoms with Crippen molar-refractivity contribution < 1.29 is 28.6 Å². The molecule has 0 radical (unpaired) electrons. The molecule has 432 valence electrons. The quantitative estimate of drug-likeness (QED) is 0.0269. The molecule has 1 heterocycles. The van der Waals surface area contributed by atoms with Gasteiger partial charge in [0.1, 0.15) is 19.8 Å². The van der Waals surface area contributed by atoms with Gasteiger partial charge in [0, 0.05) is 0 Å². The van der Waals surface area contributed by atoms with Crippen molar-refractivity contribution in [2.24, 2.45) is 0 Å². The molecule has 12 heteroatoms. The zero-order valence-corrected chi connectivity index (χ0v) is 48.4. The van der Waals surface area contributed by atoms with Gasteiger partial charge < -0.3 is 14.2 Å². The van der Waals surface area contributed by atoms with E-state index in [4.69, 9.17) is 14.2 Å². The van der Waals surface area contributed by atoms with Crippen LogP contribution in [0.3, 0.4) is 0 Å². The molecular weight excluding hydrogens is 943 g/mol. The summed E-state index contributed by atoms with van der Waals surface area (Å²) in [7, 11) is 0. The number of aromatic nitrogens is 3. The van der Waals surface area contributed by atoms with E-state index in [1.54, 1.807) is 18.2 Å². The van der Waals surface area contributed by atoms with Crippen molar-refractivity contribution in [2.45, 2.75) is 310 Å². The number of esters is 3. The van der Waals surface area contributed by atoms with Gasteiger partial charge in [-0.15, -0.1) is 0 Å². The monoisotopic (exact) mass is 1050 g/mol. The minimum absolute atomic E-state index is 0.0663. The maximum Gasteiger partial charge on any atom is 0.336 e. The fourth-order valence-electron chi connectivity index (χ4n) is 9.39. The normalized spacial score (nSPS) is 11.7. The highest BCUT2D eigenvalue weighted by Crippen LogP contribution is 2.16. The molecular formula is C63H111N3O9. The van der Waals surface area contributed by atoms with Crippen molar-refractivity contribution in [3.63, 3.8) is 0 Å². The molecule has 1 aromatic heterocycles. The van der Waals surface area contributed by atoms with Gasteiger partial charge in [-0.3, -0.25) is 14.4 Å². The number of rotatable bonds is 54. The second-order valence-corrected chi connectivity index (χ2v) is 21.0. The highest BCUT2D eigenvalue weighted by molar-refractivity contribution is 5.71. The predicted octanol–water partition coefficient (Wildman–Crippen LogP) is 15.9. The molecule has 0 aromatic carbocycles. The Kier molecular flexibility index (Phi) is 48.0. The summed E-state index contributed by atoms with van der Waals surface area (Å²) in [6.45, 7) is 5.08. The number of carbonyl (C=O) groups excluding carboxylic acids is 3. The van der Waals surface area contributed by atoms with Crippen LogP contribution in [0.25, 0.3) is 0 Å². The summed E-state index contributed by atoms with van der Waals surface area (Å²) in [5.74, 6) is -1.48. The molecule has 75 heavy (non-hydrogen) atoms. The molecule has 0 unspecified atom stereocenters. The maximum atomic E-state index is 13.6. The van der Waals surface area contributed by atoms with Crippen LogP contribution in [-0.4, -0.2) is 51.4 Å². The number of hydrogen-bond donors (Lipinski definition) is 0. The Bertz CT molecular complexity index is 1570. The molecule has 1 rings (SSSR count). The van der Waals surface area contributed by atoms with Gasteiger partial charge in [-0.05, 0) is 38.5 Å². The van der Waals surface area contributed by atoms with Crippen LogP contribution in [0.4, 0.5) is 0 Å². The smallest absolute Gasteiger partial charge is 0.336 e. The molecule has 0 atom stereocenters. The van der Waals surface area contributed by atoms with Crippen molar-refractivity contribution in [1.29, 1.82) is 0 Å². The van der Waals surface area contributed by atoms with Crippen LogP contribution in [0.5, 0.6) is 0 Å². The third-order valence-corrected chi connectivity index (χ3v) is 14.1. The molecule has 12 nitrogen and oxygen atoms in total. The van der Waals surface area contributed by atoms with Crippen molar-refractivity contribution in [3.8, 4) is 0 Å². The first kappa shape index (κ1) is 69.1. The lowest BCUT2D eigenvalue weighted by atomic mass is 10.0. The van der Waals surface area contributed by atoms with Crippen LogP contribution < -0.4 is 17.1 Å². The largest absolute Gasteiger partial charge is 0.464 e. The third-order valence-electron chi connectivity index (χ3n) is 14.1. The van der Waals surface area contributed by atoms with E-state index >= 15 is 0 Å². The summed E-state index contributed by atoms with van der Waals surface area (Å²) in [6, 6.07) is 0. The van der Waals surface area contributed by atoms with E-state index in [0.29, 0.717) is 0 Å².